The molecule has 0 radical (unpaired) electrons. The third-order valence-corrected chi connectivity index (χ3v) is 2.88. The van der Waals surface area contributed by atoms with Crippen LogP contribution in [0.4, 0.5) is 5.69 Å². The van der Waals surface area contributed by atoms with Gasteiger partial charge in [-0.3, -0.25) is 4.79 Å². The van der Waals surface area contributed by atoms with Crippen molar-refractivity contribution in [2.24, 2.45) is 0 Å². The van der Waals surface area contributed by atoms with Crippen molar-refractivity contribution in [1.82, 2.24) is 4.98 Å². The molecular formula is C13H11BrN2O2. The molecule has 4 nitrogen and oxygen atoms in total. The maximum Gasteiger partial charge on any atom is 0.255 e. The van der Waals surface area contributed by atoms with Crippen molar-refractivity contribution in [1.29, 1.82) is 0 Å². The summed E-state index contributed by atoms with van der Waals surface area (Å²) in [6.45, 7) is 1.77. The number of aryl methyl sites for hydroxylation is 1. The minimum absolute atomic E-state index is 0.208. The molecule has 0 aliphatic heterocycles. The number of nitrogens with one attached hydrogen (secondary N) is 1. The Hall–Kier alpha value is -1.88. The van der Waals surface area contributed by atoms with Crippen LogP contribution in [0.3, 0.4) is 0 Å². The second-order valence-electron chi connectivity index (χ2n) is 3.82. The lowest BCUT2D eigenvalue weighted by Crippen LogP contribution is -2.12. The molecule has 92 valence electrons. The van der Waals surface area contributed by atoms with E-state index in [0.29, 0.717) is 21.4 Å². The largest absolute Gasteiger partial charge is 0.508 e. The van der Waals surface area contributed by atoms with Crippen LogP contribution in [-0.2, 0) is 0 Å². The standard InChI is InChI=1S/C13H11BrN2O2/c1-8-6-10(2-3-11(8)17)16-13(18)9-4-5-15-12(14)7-9/h2-7,17H,1H3,(H,16,18). The first-order chi connectivity index (χ1) is 8.56. The van der Waals surface area contributed by atoms with E-state index in [0.717, 1.165) is 0 Å². The number of benzene rings is 1. The third kappa shape index (κ3) is 2.87. The van der Waals surface area contributed by atoms with Crippen molar-refractivity contribution in [3.05, 3.63) is 52.3 Å². The van der Waals surface area contributed by atoms with E-state index in [1.807, 2.05) is 0 Å². The highest BCUT2D eigenvalue weighted by Gasteiger charge is 2.07. The molecule has 1 amide bonds. The van der Waals surface area contributed by atoms with E-state index >= 15 is 0 Å². The summed E-state index contributed by atoms with van der Waals surface area (Å²) in [5, 5.41) is 12.2. The highest BCUT2D eigenvalue weighted by atomic mass is 79.9. The van der Waals surface area contributed by atoms with Crippen LogP contribution in [0.2, 0.25) is 0 Å². The van der Waals surface area contributed by atoms with Crippen molar-refractivity contribution in [2.75, 3.05) is 5.32 Å². The number of amides is 1. The van der Waals surface area contributed by atoms with Crippen LogP contribution < -0.4 is 5.32 Å². The van der Waals surface area contributed by atoms with Crippen molar-refractivity contribution >= 4 is 27.5 Å². The molecular weight excluding hydrogens is 296 g/mol. The van der Waals surface area contributed by atoms with Crippen LogP contribution in [0.15, 0.2) is 41.1 Å². The van der Waals surface area contributed by atoms with Crippen LogP contribution >= 0.6 is 15.9 Å². The molecule has 1 heterocycles. The molecule has 0 unspecified atom stereocenters. The first-order valence-electron chi connectivity index (χ1n) is 5.29. The average Bonchev–Trinajstić information content (AvgIpc) is 2.34. The smallest absolute Gasteiger partial charge is 0.255 e. The number of hydrogen-bond acceptors (Lipinski definition) is 3. The van der Waals surface area contributed by atoms with Gasteiger partial charge in [-0.25, -0.2) is 4.98 Å². The van der Waals surface area contributed by atoms with Crippen molar-refractivity contribution < 1.29 is 9.90 Å². The highest BCUT2D eigenvalue weighted by molar-refractivity contribution is 9.10. The van der Waals surface area contributed by atoms with Crippen molar-refractivity contribution in [3.8, 4) is 5.75 Å². The Labute approximate surface area is 113 Å². The number of aromatic hydroxyl groups is 1. The van der Waals surface area contributed by atoms with Gasteiger partial charge in [0.1, 0.15) is 10.4 Å². The number of anilines is 1. The molecule has 2 rings (SSSR count). The van der Waals surface area contributed by atoms with Crippen molar-refractivity contribution in [2.45, 2.75) is 6.92 Å². The molecule has 0 aliphatic carbocycles. The van der Waals surface area contributed by atoms with Gasteiger partial charge in [0.2, 0.25) is 0 Å². The summed E-state index contributed by atoms with van der Waals surface area (Å²) in [5.41, 5.74) is 1.87. The first kappa shape index (κ1) is 12.6. The van der Waals surface area contributed by atoms with Gasteiger partial charge in [-0.2, -0.15) is 0 Å². The number of hydrogen-bond donors (Lipinski definition) is 2. The third-order valence-electron chi connectivity index (χ3n) is 2.44. The Kier molecular flexibility index (Phi) is 3.62. The highest BCUT2D eigenvalue weighted by Crippen LogP contribution is 2.20. The SMILES string of the molecule is Cc1cc(NC(=O)c2ccnc(Br)c2)ccc1O. The van der Waals surface area contributed by atoms with Gasteiger partial charge in [0, 0.05) is 17.4 Å². The minimum Gasteiger partial charge on any atom is -0.508 e. The number of aromatic nitrogens is 1. The fourth-order valence-electron chi connectivity index (χ4n) is 1.48. The normalized spacial score (nSPS) is 10.1. The Bertz CT molecular complexity index is 599. The summed E-state index contributed by atoms with van der Waals surface area (Å²) in [6.07, 6.45) is 1.56. The molecule has 0 saturated heterocycles. The number of carbonyl (C=O) groups is 1. The predicted octanol–water partition coefficient (Wildman–Crippen LogP) is 3.11. The Balaban J connectivity index is 2.18. The fraction of sp³-hybridized carbons (Fsp3) is 0.0769. The predicted molar refractivity (Wildman–Crippen MR) is 72.7 cm³/mol. The summed E-state index contributed by atoms with van der Waals surface area (Å²) >= 11 is 3.21. The second-order valence-corrected chi connectivity index (χ2v) is 4.64. The summed E-state index contributed by atoms with van der Waals surface area (Å²) < 4.78 is 0.608. The Morgan fingerprint density at radius 3 is 2.78 bits per heavy atom. The zero-order valence-corrected chi connectivity index (χ0v) is 11.2. The van der Waals surface area contributed by atoms with Gasteiger partial charge in [0.05, 0.1) is 0 Å². The molecule has 1 aromatic carbocycles. The lowest BCUT2D eigenvalue weighted by molar-refractivity contribution is 0.102. The zero-order valence-electron chi connectivity index (χ0n) is 9.64. The lowest BCUT2D eigenvalue weighted by Gasteiger charge is -2.07. The van der Waals surface area contributed by atoms with E-state index in [-0.39, 0.29) is 11.7 Å². The maximum absolute atomic E-state index is 11.9. The Morgan fingerprint density at radius 1 is 1.33 bits per heavy atom. The Morgan fingerprint density at radius 2 is 2.11 bits per heavy atom. The van der Waals surface area contributed by atoms with Crippen LogP contribution in [0.1, 0.15) is 15.9 Å². The minimum atomic E-state index is -0.219. The average molecular weight is 307 g/mol. The molecule has 1 aromatic heterocycles. The number of halogens is 1. The van der Waals surface area contributed by atoms with E-state index < -0.39 is 0 Å². The van der Waals surface area contributed by atoms with Crippen LogP contribution in [0.5, 0.6) is 5.75 Å². The zero-order chi connectivity index (χ0) is 13.1. The topological polar surface area (TPSA) is 62.2 Å². The lowest BCUT2D eigenvalue weighted by atomic mass is 10.2. The number of carbonyl (C=O) groups excluding carboxylic acids is 1. The molecule has 2 N–H and O–H groups in total. The van der Waals surface area contributed by atoms with E-state index in [2.05, 4.69) is 26.2 Å². The molecule has 0 fully saturated rings. The monoisotopic (exact) mass is 306 g/mol. The van der Waals surface area contributed by atoms with Crippen molar-refractivity contribution in [3.63, 3.8) is 0 Å². The van der Waals surface area contributed by atoms with E-state index in [4.69, 9.17) is 0 Å². The number of rotatable bonds is 2. The molecule has 5 heteroatoms. The molecule has 0 bridgehead atoms. The van der Waals surface area contributed by atoms with E-state index in [9.17, 15) is 9.90 Å². The van der Waals surface area contributed by atoms with Gasteiger partial charge < -0.3 is 10.4 Å². The van der Waals surface area contributed by atoms with Gasteiger partial charge >= 0.3 is 0 Å². The molecule has 0 atom stereocenters. The van der Waals surface area contributed by atoms with Gasteiger partial charge in [-0.05, 0) is 58.7 Å². The summed E-state index contributed by atoms with van der Waals surface area (Å²) in [7, 11) is 0. The fourth-order valence-corrected chi connectivity index (χ4v) is 1.85. The molecule has 0 aliphatic rings. The van der Waals surface area contributed by atoms with Crippen LogP contribution in [0.25, 0.3) is 0 Å². The van der Waals surface area contributed by atoms with Crippen LogP contribution in [0, 0.1) is 6.92 Å². The van der Waals surface area contributed by atoms with E-state index in [1.54, 1.807) is 43.5 Å². The summed E-state index contributed by atoms with van der Waals surface area (Å²) in [6, 6.07) is 8.18. The summed E-state index contributed by atoms with van der Waals surface area (Å²) in [4.78, 5) is 15.9. The van der Waals surface area contributed by atoms with Gasteiger partial charge in [-0.1, -0.05) is 0 Å². The van der Waals surface area contributed by atoms with Gasteiger partial charge in [0.15, 0.2) is 0 Å². The van der Waals surface area contributed by atoms with Crippen LogP contribution in [-0.4, -0.2) is 16.0 Å². The number of phenolic OH excluding ortho intramolecular Hbond substituents is 1. The number of phenols is 1. The quantitative estimate of drug-likeness (QED) is 0.662. The number of nitrogens with zero attached hydrogens (tertiary/aromatic N) is 1. The van der Waals surface area contributed by atoms with Gasteiger partial charge in [-0.15, -0.1) is 0 Å². The van der Waals surface area contributed by atoms with E-state index in [1.165, 1.54) is 0 Å². The molecule has 2 aromatic rings. The summed E-state index contributed by atoms with van der Waals surface area (Å²) in [5.74, 6) is -0.0113. The number of pyridine rings is 1. The maximum atomic E-state index is 11.9. The molecule has 18 heavy (non-hydrogen) atoms. The molecule has 0 saturated carbocycles. The second kappa shape index (κ2) is 5.18. The van der Waals surface area contributed by atoms with Gasteiger partial charge in [0.25, 0.3) is 5.91 Å². The molecule has 0 spiro atoms. The first-order valence-corrected chi connectivity index (χ1v) is 6.08.